The maximum absolute atomic E-state index is 14.1. The minimum Gasteiger partial charge on any atom is -0.326 e. The highest BCUT2D eigenvalue weighted by Crippen LogP contribution is 2.44. The zero-order valence-corrected chi connectivity index (χ0v) is 19.1. The highest BCUT2D eigenvalue weighted by Gasteiger charge is 2.25. The van der Waals surface area contributed by atoms with E-state index in [1.165, 1.54) is 12.1 Å². The molecule has 3 aromatic rings. The van der Waals surface area contributed by atoms with Crippen LogP contribution >= 0.6 is 0 Å². The Labute approximate surface area is 190 Å². The molecule has 5 heteroatoms. The molecule has 0 fully saturated rings. The van der Waals surface area contributed by atoms with Crippen LogP contribution in [0.1, 0.15) is 35.6 Å². The van der Waals surface area contributed by atoms with Gasteiger partial charge in [-0.15, -0.1) is 0 Å². The summed E-state index contributed by atoms with van der Waals surface area (Å²) in [5, 5.41) is 2.93. The maximum atomic E-state index is 14.1. The lowest BCUT2D eigenvalue weighted by molar-refractivity contribution is -0.115. The van der Waals surface area contributed by atoms with Gasteiger partial charge in [0, 0.05) is 27.6 Å². The Bertz CT molecular complexity index is 1270. The molecular formula is C27H24FNO2S. The molecule has 0 aromatic heterocycles. The van der Waals surface area contributed by atoms with Crippen molar-refractivity contribution < 1.29 is 13.4 Å². The first-order valence-electron chi connectivity index (χ1n) is 10.3. The number of hydrogen-bond donors (Lipinski definition) is 1. The van der Waals surface area contributed by atoms with Crippen LogP contribution < -0.4 is 5.32 Å². The van der Waals surface area contributed by atoms with Gasteiger partial charge in [0.05, 0.1) is 6.42 Å². The van der Waals surface area contributed by atoms with Gasteiger partial charge in [0.1, 0.15) is 5.82 Å². The summed E-state index contributed by atoms with van der Waals surface area (Å²) >= 11 is 0. The molecule has 3 aromatic carbocycles. The molecule has 0 heterocycles. The van der Waals surface area contributed by atoms with Gasteiger partial charge >= 0.3 is 0 Å². The summed E-state index contributed by atoms with van der Waals surface area (Å²) in [4.78, 5) is 13.5. The first-order valence-corrected chi connectivity index (χ1v) is 11.9. The zero-order valence-electron chi connectivity index (χ0n) is 18.2. The van der Waals surface area contributed by atoms with Gasteiger partial charge in [0.2, 0.25) is 5.91 Å². The second-order valence-corrected chi connectivity index (χ2v) is 9.35. The van der Waals surface area contributed by atoms with Crippen LogP contribution in [0, 0.1) is 12.7 Å². The molecule has 0 unspecified atom stereocenters. The molecule has 1 aliphatic carbocycles. The Kier molecular flexibility index (Phi) is 6.19. The van der Waals surface area contributed by atoms with Crippen molar-refractivity contribution in [2.24, 2.45) is 0 Å². The second kappa shape index (κ2) is 9.05. The number of nitrogens with one attached hydrogen (secondary N) is 1. The first kappa shape index (κ1) is 21.9. The number of rotatable bonds is 5. The molecule has 0 bridgehead atoms. The van der Waals surface area contributed by atoms with Crippen molar-refractivity contribution in [2.45, 2.75) is 25.2 Å². The van der Waals surface area contributed by atoms with Gasteiger partial charge in [-0.3, -0.25) is 9.00 Å². The van der Waals surface area contributed by atoms with Crippen molar-refractivity contribution in [1.29, 1.82) is 0 Å². The molecule has 0 saturated heterocycles. The van der Waals surface area contributed by atoms with Gasteiger partial charge in [-0.05, 0) is 89.7 Å². The number of fused-ring (bicyclic) bond motifs is 1. The standard InChI is InChI=1S/C27H24FNO2S/c1-17-4-9-21(10-5-17)29-27(30)16-25-18(2)24(23-13-8-20(28)15-26(23)25)14-19-6-11-22(12-7-19)32(3)31/h4-15H,16H2,1-3H3,(H,29,30)/b24-14+/t32-/m0/s1. The molecule has 0 spiro atoms. The second-order valence-electron chi connectivity index (χ2n) is 7.97. The summed E-state index contributed by atoms with van der Waals surface area (Å²) in [6, 6.07) is 19.9. The lowest BCUT2D eigenvalue weighted by Gasteiger charge is -2.08. The summed E-state index contributed by atoms with van der Waals surface area (Å²) in [6.45, 7) is 3.96. The molecular weight excluding hydrogens is 421 g/mol. The predicted molar refractivity (Wildman–Crippen MR) is 130 cm³/mol. The fourth-order valence-corrected chi connectivity index (χ4v) is 4.43. The van der Waals surface area contributed by atoms with Crippen LogP contribution in [0.5, 0.6) is 0 Å². The van der Waals surface area contributed by atoms with Crippen LogP contribution in [-0.4, -0.2) is 16.4 Å². The van der Waals surface area contributed by atoms with Gasteiger partial charge in [-0.2, -0.15) is 0 Å². The van der Waals surface area contributed by atoms with Crippen molar-refractivity contribution in [3.8, 4) is 0 Å². The zero-order chi connectivity index (χ0) is 22.8. The minimum absolute atomic E-state index is 0.144. The molecule has 1 aliphatic rings. The van der Waals surface area contributed by atoms with E-state index in [-0.39, 0.29) is 18.1 Å². The molecule has 162 valence electrons. The largest absolute Gasteiger partial charge is 0.326 e. The van der Waals surface area contributed by atoms with Crippen molar-refractivity contribution in [1.82, 2.24) is 0 Å². The van der Waals surface area contributed by atoms with Gasteiger partial charge in [0.25, 0.3) is 0 Å². The van der Waals surface area contributed by atoms with Crippen LogP contribution in [0.4, 0.5) is 10.1 Å². The quantitative estimate of drug-likeness (QED) is 0.506. The van der Waals surface area contributed by atoms with E-state index in [4.69, 9.17) is 0 Å². The van der Waals surface area contributed by atoms with E-state index in [1.807, 2.05) is 68.5 Å². The number of halogens is 1. The van der Waals surface area contributed by atoms with Crippen LogP contribution in [-0.2, 0) is 15.6 Å². The van der Waals surface area contributed by atoms with E-state index in [0.717, 1.165) is 49.6 Å². The number of benzene rings is 3. The highest BCUT2D eigenvalue weighted by molar-refractivity contribution is 7.84. The average Bonchev–Trinajstić information content (AvgIpc) is 3.01. The Morgan fingerprint density at radius 2 is 1.66 bits per heavy atom. The predicted octanol–water partition coefficient (Wildman–Crippen LogP) is 6.23. The number of allylic oxidation sites excluding steroid dienone is 2. The van der Waals surface area contributed by atoms with E-state index in [0.29, 0.717) is 0 Å². The van der Waals surface area contributed by atoms with E-state index < -0.39 is 10.8 Å². The SMILES string of the molecule is CC1=C(CC(=O)Nc2ccc(C)cc2)c2cc(F)ccc2/C1=C/c1ccc([S@](C)=O)cc1. The minimum atomic E-state index is -1.03. The Balaban J connectivity index is 1.67. The van der Waals surface area contributed by atoms with Crippen molar-refractivity contribution in [3.63, 3.8) is 0 Å². The van der Waals surface area contributed by atoms with Gasteiger partial charge in [-0.1, -0.05) is 35.9 Å². The van der Waals surface area contributed by atoms with Crippen LogP contribution in [0.15, 0.2) is 77.2 Å². The number of aryl methyl sites for hydroxylation is 1. The van der Waals surface area contributed by atoms with Gasteiger partial charge in [-0.25, -0.2) is 4.39 Å². The van der Waals surface area contributed by atoms with Gasteiger partial charge < -0.3 is 5.32 Å². The number of carbonyl (C=O) groups excluding carboxylic acids is 1. The fraction of sp³-hybridized carbons (Fsp3) is 0.148. The number of hydrogen-bond acceptors (Lipinski definition) is 2. The molecule has 0 radical (unpaired) electrons. The summed E-state index contributed by atoms with van der Waals surface area (Å²) in [5.41, 5.74) is 7.20. The Morgan fingerprint density at radius 1 is 0.969 bits per heavy atom. The Morgan fingerprint density at radius 3 is 2.31 bits per heavy atom. The molecule has 0 aliphatic heterocycles. The topological polar surface area (TPSA) is 46.2 Å². The fourth-order valence-electron chi connectivity index (χ4n) is 3.91. The lowest BCUT2D eigenvalue weighted by Crippen LogP contribution is -2.12. The summed E-state index contributed by atoms with van der Waals surface area (Å²) in [6.07, 6.45) is 3.83. The molecule has 3 nitrogen and oxygen atoms in total. The van der Waals surface area contributed by atoms with E-state index in [1.54, 1.807) is 12.3 Å². The smallest absolute Gasteiger partial charge is 0.228 e. The first-order chi connectivity index (χ1) is 15.3. The van der Waals surface area contributed by atoms with E-state index in [2.05, 4.69) is 5.32 Å². The monoisotopic (exact) mass is 445 g/mol. The number of carbonyl (C=O) groups is 1. The van der Waals surface area contributed by atoms with E-state index in [9.17, 15) is 13.4 Å². The molecule has 1 N–H and O–H groups in total. The number of amides is 1. The van der Waals surface area contributed by atoms with Crippen molar-refractivity contribution in [2.75, 3.05) is 11.6 Å². The molecule has 1 amide bonds. The van der Waals surface area contributed by atoms with Crippen molar-refractivity contribution in [3.05, 3.63) is 100 Å². The summed E-state index contributed by atoms with van der Waals surface area (Å²) < 4.78 is 25.7. The third-order valence-electron chi connectivity index (χ3n) is 5.65. The van der Waals surface area contributed by atoms with Crippen LogP contribution in [0.25, 0.3) is 17.2 Å². The van der Waals surface area contributed by atoms with Crippen LogP contribution in [0.3, 0.4) is 0 Å². The normalized spacial score (nSPS) is 15.1. The average molecular weight is 446 g/mol. The highest BCUT2D eigenvalue weighted by atomic mass is 32.2. The maximum Gasteiger partial charge on any atom is 0.228 e. The third-order valence-corrected chi connectivity index (χ3v) is 6.59. The molecule has 32 heavy (non-hydrogen) atoms. The van der Waals surface area contributed by atoms with Crippen molar-refractivity contribution >= 4 is 39.6 Å². The lowest BCUT2D eigenvalue weighted by atomic mass is 10.0. The molecule has 0 saturated carbocycles. The third kappa shape index (κ3) is 4.63. The Hall–Kier alpha value is -3.31. The van der Waals surface area contributed by atoms with E-state index >= 15 is 0 Å². The molecule has 4 rings (SSSR count). The van der Waals surface area contributed by atoms with Gasteiger partial charge in [0.15, 0.2) is 0 Å². The molecule has 1 atom stereocenters. The summed E-state index contributed by atoms with van der Waals surface area (Å²) in [7, 11) is -1.03. The summed E-state index contributed by atoms with van der Waals surface area (Å²) in [5.74, 6) is -0.474. The number of anilines is 1. The van der Waals surface area contributed by atoms with Crippen LogP contribution in [0.2, 0.25) is 0 Å².